The van der Waals surface area contributed by atoms with Gasteiger partial charge in [-0.1, -0.05) is 0 Å². The van der Waals surface area contributed by atoms with E-state index in [1.807, 2.05) is 0 Å². The first-order valence-corrected chi connectivity index (χ1v) is 4.11. The summed E-state index contributed by atoms with van der Waals surface area (Å²) in [6.45, 7) is 0. The smallest absolute Gasteiger partial charge is 0.436 e. The van der Waals surface area contributed by atoms with Crippen LogP contribution in [0.25, 0.3) is 16.6 Å². The summed E-state index contributed by atoms with van der Waals surface area (Å²) in [4.78, 5) is 8.44. The second kappa shape index (κ2) is 7.58. The molecule has 0 aliphatic heterocycles. The first-order chi connectivity index (χ1) is 6.76. The fraction of sp³-hybridized carbons (Fsp3) is 0.571. The number of hydrogen-bond acceptors (Lipinski definition) is 0. The second-order valence-electron chi connectivity index (χ2n) is 2.58. The van der Waals surface area contributed by atoms with Gasteiger partial charge in [0.15, 0.2) is 0 Å². The van der Waals surface area contributed by atoms with Gasteiger partial charge in [-0.25, -0.2) is 0 Å². The van der Waals surface area contributed by atoms with Gasteiger partial charge in [0.1, 0.15) is 0 Å². The molecule has 0 aliphatic carbocycles. The molecule has 0 aromatic heterocycles. The summed E-state index contributed by atoms with van der Waals surface area (Å²) in [6.07, 6.45) is 3.87. The number of rotatable bonds is 6. The minimum Gasteiger partial charge on any atom is -0.497 e. The minimum atomic E-state index is -0.191. The maximum Gasteiger partial charge on any atom is 0.436 e. The van der Waals surface area contributed by atoms with Crippen molar-refractivity contribution in [2.24, 2.45) is 5.73 Å². The lowest BCUT2D eigenvalue weighted by Crippen LogP contribution is -2.25. The van der Waals surface area contributed by atoms with Crippen LogP contribution in [0, 0.1) is 0 Å². The first kappa shape index (κ1) is 11.9. The zero-order chi connectivity index (χ0) is 10.8. The van der Waals surface area contributed by atoms with Gasteiger partial charge in [-0.2, -0.15) is 9.58 Å². The van der Waals surface area contributed by atoms with E-state index in [1.54, 1.807) is 0 Å². The molecule has 2 N–H and O–H groups in total. The topological polar surface area (TPSA) is 135 Å². The molecule has 0 saturated heterocycles. The van der Waals surface area contributed by atoms with E-state index in [1.165, 1.54) is 6.21 Å². The number of amidine groups is 1. The van der Waals surface area contributed by atoms with E-state index in [0.29, 0.717) is 19.3 Å². The summed E-state index contributed by atoms with van der Waals surface area (Å²) in [5.74, 6) is -0.191. The van der Waals surface area contributed by atoms with Gasteiger partial charge in [-0.3, -0.25) is 5.73 Å². The van der Waals surface area contributed by atoms with Crippen LogP contribution < -0.4 is 5.73 Å². The Hall–Kier alpha value is -2.06. The van der Waals surface area contributed by atoms with Crippen molar-refractivity contribution in [3.63, 3.8) is 0 Å². The second-order valence-corrected chi connectivity index (χ2v) is 2.58. The van der Waals surface area contributed by atoms with Gasteiger partial charge >= 0.3 is 11.5 Å². The average molecular weight is 193 g/mol. The largest absolute Gasteiger partial charge is 0.497 e. The summed E-state index contributed by atoms with van der Waals surface area (Å²) < 4.78 is 0. The van der Waals surface area contributed by atoms with Gasteiger partial charge < -0.3 is 21.4 Å². The average Bonchev–Trinajstić information content (AvgIpc) is 2.22. The van der Waals surface area contributed by atoms with Crippen LogP contribution in [-0.2, 0) is 0 Å². The van der Waals surface area contributed by atoms with Crippen molar-refractivity contribution in [1.29, 1.82) is 0 Å². The van der Waals surface area contributed by atoms with E-state index < -0.39 is 0 Å². The van der Waals surface area contributed by atoms with Gasteiger partial charge in [0.05, 0.1) is 6.42 Å². The highest BCUT2D eigenvalue weighted by molar-refractivity contribution is 6.36. The predicted octanol–water partition coefficient (Wildman–Crippen LogP) is 0.105. The molecular weight excluding hydrogens is 182 g/mol. The normalized spacial score (nSPS) is 8.00. The molecule has 0 unspecified atom stereocenters. The van der Waals surface area contributed by atoms with Crippen LogP contribution in [-0.4, -0.2) is 32.1 Å². The zero-order valence-electron chi connectivity index (χ0n) is 7.67. The van der Waals surface area contributed by atoms with Gasteiger partial charge in [-0.15, -0.1) is 0 Å². The van der Waals surface area contributed by atoms with E-state index >= 15 is 0 Å². The zero-order valence-corrected chi connectivity index (χ0v) is 7.67. The molecule has 0 saturated carbocycles. The highest BCUT2D eigenvalue weighted by Gasteiger charge is 2.19. The lowest BCUT2D eigenvalue weighted by atomic mass is 10.1. The third-order valence-electron chi connectivity index (χ3n) is 1.60. The molecule has 14 heavy (non-hydrogen) atoms. The Labute approximate surface area is 81.0 Å². The SMILES string of the molecule is [N-]=[N+]=CCCCCC(=[N+]=[N-])C(N)=[N+]=[N-]. The Morgan fingerprint density at radius 2 is 1.86 bits per heavy atom. The molecule has 0 aromatic carbocycles. The monoisotopic (exact) mass is 193 g/mol. The molecule has 0 fully saturated rings. The lowest BCUT2D eigenvalue weighted by molar-refractivity contribution is -0.0275. The summed E-state index contributed by atoms with van der Waals surface area (Å²) in [5, 5.41) is 0. The van der Waals surface area contributed by atoms with Crippen LogP contribution >= 0.6 is 0 Å². The summed E-state index contributed by atoms with van der Waals surface area (Å²) in [7, 11) is 0. The summed E-state index contributed by atoms with van der Waals surface area (Å²) in [5.41, 5.74) is 30.2. The van der Waals surface area contributed by atoms with Crippen molar-refractivity contribution >= 4 is 17.8 Å². The van der Waals surface area contributed by atoms with Crippen molar-refractivity contribution in [3.05, 3.63) is 16.6 Å². The summed E-state index contributed by atoms with van der Waals surface area (Å²) in [6, 6.07) is 0. The fourth-order valence-corrected chi connectivity index (χ4v) is 0.873. The maximum atomic E-state index is 8.48. The van der Waals surface area contributed by atoms with E-state index in [2.05, 4.69) is 14.4 Å². The maximum absolute atomic E-state index is 8.48. The van der Waals surface area contributed by atoms with E-state index in [0.717, 1.165) is 6.42 Å². The molecule has 0 radical (unpaired) electrons. The molecule has 0 amide bonds. The Kier molecular flexibility index (Phi) is 6.47. The molecule has 0 atom stereocenters. The molecule has 0 aliphatic rings. The van der Waals surface area contributed by atoms with Crippen molar-refractivity contribution in [1.82, 2.24) is 0 Å². The molecule has 0 rings (SSSR count). The number of hydrogen-bond donors (Lipinski definition) is 1. The van der Waals surface area contributed by atoms with E-state index in [9.17, 15) is 0 Å². The fourth-order valence-electron chi connectivity index (χ4n) is 0.873. The van der Waals surface area contributed by atoms with Gasteiger partial charge in [0, 0.05) is 6.42 Å². The first-order valence-electron chi connectivity index (χ1n) is 4.11. The quantitative estimate of drug-likeness (QED) is 0.207. The molecule has 74 valence electrons. The highest BCUT2D eigenvalue weighted by atomic mass is 15.0. The summed E-state index contributed by atoms with van der Waals surface area (Å²) >= 11 is 0. The standard InChI is InChI=1S/C7H11N7/c8-7(14-11)6(13-10)4-2-1-3-5-12-9/h5H,1-4,8H2. The molecule has 7 heteroatoms. The molecular formula is C7H11N7. The predicted molar refractivity (Wildman–Crippen MR) is 49.6 cm³/mol. The van der Waals surface area contributed by atoms with Crippen molar-refractivity contribution in [3.8, 4) is 0 Å². The molecule has 0 heterocycles. The third kappa shape index (κ3) is 4.74. The van der Waals surface area contributed by atoms with Crippen LogP contribution in [0.15, 0.2) is 0 Å². The molecule has 0 spiro atoms. The van der Waals surface area contributed by atoms with Crippen LogP contribution in [0.5, 0.6) is 0 Å². The van der Waals surface area contributed by atoms with Crippen molar-refractivity contribution in [2.45, 2.75) is 25.7 Å². The number of nitrogens with two attached hydrogens (primary N) is 1. The van der Waals surface area contributed by atoms with Crippen LogP contribution in [0.1, 0.15) is 25.7 Å². The third-order valence-corrected chi connectivity index (χ3v) is 1.60. The minimum absolute atomic E-state index is 0.147. The Morgan fingerprint density at radius 3 is 2.36 bits per heavy atom. The molecule has 0 bridgehead atoms. The van der Waals surface area contributed by atoms with Gasteiger partial charge in [0.25, 0.3) is 6.21 Å². The van der Waals surface area contributed by atoms with Crippen LogP contribution in [0.4, 0.5) is 0 Å². The van der Waals surface area contributed by atoms with Gasteiger partial charge in [0.2, 0.25) is 0 Å². The van der Waals surface area contributed by atoms with Crippen LogP contribution in [0.2, 0.25) is 0 Å². The highest BCUT2D eigenvalue weighted by Crippen LogP contribution is 1.98. The van der Waals surface area contributed by atoms with E-state index in [-0.39, 0.29) is 11.5 Å². The number of nitrogens with zero attached hydrogens (tertiary/aromatic N) is 6. The molecule has 0 aromatic rings. The van der Waals surface area contributed by atoms with Gasteiger partial charge in [-0.05, 0) is 12.8 Å². The van der Waals surface area contributed by atoms with Crippen molar-refractivity contribution in [2.75, 3.05) is 0 Å². The van der Waals surface area contributed by atoms with Crippen molar-refractivity contribution < 1.29 is 14.4 Å². The number of unbranched alkanes of at least 4 members (excludes halogenated alkanes) is 2. The van der Waals surface area contributed by atoms with E-state index in [4.69, 9.17) is 22.3 Å². The van der Waals surface area contributed by atoms with Crippen LogP contribution in [0.3, 0.4) is 0 Å². The Balaban J connectivity index is 3.94. The lowest BCUT2D eigenvalue weighted by Gasteiger charge is -1.88. The Bertz CT molecular complexity index is 326. The molecule has 7 nitrogen and oxygen atoms in total. The Morgan fingerprint density at radius 1 is 1.14 bits per heavy atom.